The summed E-state index contributed by atoms with van der Waals surface area (Å²) in [6.07, 6.45) is 1.39. The highest BCUT2D eigenvalue weighted by atomic mass is 32.1. The lowest BCUT2D eigenvalue weighted by Gasteiger charge is -2.27. The number of amides is 1. The number of nitrogens with one attached hydrogen (secondary N) is 3. The molecule has 0 unspecified atom stereocenters. The van der Waals surface area contributed by atoms with Crippen LogP contribution in [0.1, 0.15) is 64.0 Å². The summed E-state index contributed by atoms with van der Waals surface area (Å²) in [7, 11) is 0. The molecule has 28 heavy (non-hydrogen) atoms. The second-order valence-electron chi connectivity index (χ2n) is 8.35. The van der Waals surface area contributed by atoms with Crippen molar-refractivity contribution in [3.8, 4) is 0 Å². The summed E-state index contributed by atoms with van der Waals surface area (Å²) in [6.45, 7) is 17.6. The van der Waals surface area contributed by atoms with Gasteiger partial charge in [0.25, 0.3) is 0 Å². The van der Waals surface area contributed by atoms with Gasteiger partial charge < -0.3 is 20.7 Å². The molecule has 0 spiro atoms. The Morgan fingerprint density at radius 3 is 2.39 bits per heavy atom. The Morgan fingerprint density at radius 2 is 1.86 bits per heavy atom. The van der Waals surface area contributed by atoms with E-state index in [9.17, 15) is 4.79 Å². The Labute approximate surface area is 173 Å². The number of aromatic nitrogens is 1. The minimum Gasteiger partial charge on any atom is -0.444 e. The van der Waals surface area contributed by atoms with Gasteiger partial charge in [-0.3, -0.25) is 4.99 Å². The van der Waals surface area contributed by atoms with Crippen LogP contribution in [0.15, 0.2) is 4.99 Å². The highest BCUT2D eigenvalue weighted by molar-refractivity contribution is 7.11. The SMILES string of the molecule is CCNC(=NCC(C)(C)NC(=O)OC(C)(C)C)NCCc1nc(CC)c(C)s1. The highest BCUT2D eigenvalue weighted by Gasteiger charge is 2.24. The lowest BCUT2D eigenvalue weighted by molar-refractivity contribution is 0.0476. The van der Waals surface area contributed by atoms with Crippen LogP contribution in [-0.4, -0.2) is 47.8 Å². The zero-order valence-corrected chi connectivity index (χ0v) is 19.5. The molecule has 1 aromatic rings. The van der Waals surface area contributed by atoms with Gasteiger partial charge in [-0.05, 0) is 54.9 Å². The number of carbonyl (C=O) groups is 1. The van der Waals surface area contributed by atoms with E-state index in [1.165, 1.54) is 10.6 Å². The van der Waals surface area contributed by atoms with Crippen molar-refractivity contribution >= 4 is 23.4 Å². The van der Waals surface area contributed by atoms with Crippen molar-refractivity contribution < 1.29 is 9.53 Å². The zero-order valence-electron chi connectivity index (χ0n) is 18.7. The van der Waals surface area contributed by atoms with Crippen LogP contribution in [0.3, 0.4) is 0 Å². The number of alkyl carbamates (subject to hydrolysis) is 1. The van der Waals surface area contributed by atoms with Gasteiger partial charge in [0.05, 0.1) is 22.8 Å². The third kappa shape index (κ3) is 9.39. The topological polar surface area (TPSA) is 87.6 Å². The molecule has 0 fully saturated rings. The molecule has 0 aliphatic rings. The molecule has 7 nitrogen and oxygen atoms in total. The number of hydrogen-bond donors (Lipinski definition) is 3. The van der Waals surface area contributed by atoms with E-state index < -0.39 is 17.2 Å². The number of nitrogens with zero attached hydrogens (tertiary/aromatic N) is 2. The van der Waals surface area contributed by atoms with Crippen molar-refractivity contribution in [2.24, 2.45) is 4.99 Å². The molecule has 0 aliphatic carbocycles. The molecule has 0 aromatic carbocycles. The van der Waals surface area contributed by atoms with Gasteiger partial charge in [-0.25, -0.2) is 9.78 Å². The van der Waals surface area contributed by atoms with Gasteiger partial charge in [0.1, 0.15) is 5.60 Å². The average Bonchev–Trinajstić information content (AvgIpc) is 2.90. The van der Waals surface area contributed by atoms with Gasteiger partial charge in [0, 0.05) is 24.4 Å². The maximum absolute atomic E-state index is 12.0. The van der Waals surface area contributed by atoms with Crippen LogP contribution in [0.25, 0.3) is 0 Å². The summed E-state index contributed by atoms with van der Waals surface area (Å²) in [4.78, 5) is 22.6. The first-order valence-corrected chi connectivity index (χ1v) is 10.8. The van der Waals surface area contributed by atoms with Crippen LogP contribution in [0, 0.1) is 6.92 Å². The van der Waals surface area contributed by atoms with Gasteiger partial charge >= 0.3 is 6.09 Å². The minimum absolute atomic E-state index is 0.428. The van der Waals surface area contributed by atoms with E-state index in [0.29, 0.717) is 6.54 Å². The summed E-state index contributed by atoms with van der Waals surface area (Å²) in [5.74, 6) is 0.727. The maximum Gasteiger partial charge on any atom is 0.408 e. The van der Waals surface area contributed by atoms with Crippen molar-refractivity contribution in [2.45, 2.75) is 79.4 Å². The quantitative estimate of drug-likeness (QED) is 0.451. The van der Waals surface area contributed by atoms with Gasteiger partial charge in [-0.2, -0.15) is 0 Å². The smallest absolute Gasteiger partial charge is 0.408 e. The van der Waals surface area contributed by atoms with E-state index in [4.69, 9.17) is 4.74 Å². The molecular formula is C20H37N5O2S. The number of guanidine groups is 1. The van der Waals surface area contributed by atoms with Crippen LogP contribution in [0.2, 0.25) is 0 Å². The lowest BCUT2D eigenvalue weighted by atomic mass is 10.1. The van der Waals surface area contributed by atoms with Crippen molar-refractivity contribution in [2.75, 3.05) is 19.6 Å². The fraction of sp³-hybridized carbons (Fsp3) is 0.750. The molecule has 0 aliphatic heterocycles. The first-order chi connectivity index (χ1) is 13.0. The maximum atomic E-state index is 12.0. The standard InChI is InChI=1S/C20H37N5O2S/c1-9-15-14(3)28-16(24-15)11-12-22-17(21-10-2)23-13-20(7,8)25-18(26)27-19(4,5)6/h9-13H2,1-8H3,(H,25,26)(H2,21,22,23). The van der Waals surface area contributed by atoms with Crippen LogP contribution in [-0.2, 0) is 17.6 Å². The van der Waals surface area contributed by atoms with Gasteiger partial charge in [-0.1, -0.05) is 6.92 Å². The van der Waals surface area contributed by atoms with E-state index in [-0.39, 0.29) is 0 Å². The van der Waals surface area contributed by atoms with Crippen molar-refractivity contribution in [3.63, 3.8) is 0 Å². The molecule has 1 heterocycles. The number of thiazole rings is 1. The number of rotatable bonds is 8. The molecule has 0 radical (unpaired) electrons. The average molecular weight is 412 g/mol. The number of carbonyl (C=O) groups excluding carboxylic acids is 1. The summed E-state index contributed by atoms with van der Waals surface area (Å²) >= 11 is 1.76. The molecule has 1 rings (SSSR count). The largest absolute Gasteiger partial charge is 0.444 e. The lowest BCUT2D eigenvalue weighted by Crippen LogP contribution is -2.49. The summed E-state index contributed by atoms with van der Waals surface area (Å²) < 4.78 is 5.33. The fourth-order valence-electron chi connectivity index (χ4n) is 2.45. The molecule has 1 amide bonds. The van der Waals surface area contributed by atoms with Gasteiger partial charge in [-0.15, -0.1) is 11.3 Å². The van der Waals surface area contributed by atoms with E-state index in [1.807, 2.05) is 41.5 Å². The normalized spacial score (nSPS) is 12.6. The van der Waals surface area contributed by atoms with Gasteiger partial charge in [0.2, 0.25) is 0 Å². The Balaban J connectivity index is 2.58. The predicted octanol–water partition coefficient (Wildman–Crippen LogP) is 3.41. The molecule has 0 saturated heterocycles. The number of ether oxygens (including phenoxy) is 1. The van der Waals surface area contributed by atoms with Crippen LogP contribution in [0.4, 0.5) is 4.79 Å². The molecule has 8 heteroatoms. The summed E-state index contributed by atoms with van der Waals surface area (Å²) in [5.41, 5.74) is 0.148. The fourth-order valence-corrected chi connectivity index (χ4v) is 3.47. The van der Waals surface area contributed by atoms with Crippen LogP contribution in [0.5, 0.6) is 0 Å². The second kappa shape index (κ2) is 10.6. The van der Waals surface area contributed by atoms with Crippen molar-refractivity contribution in [1.82, 2.24) is 20.9 Å². The van der Waals surface area contributed by atoms with Crippen LogP contribution < -0.4 is 16.0 Å². The molecule has 160 valence electrons. The van der Waals surface area contributed by atoms with E-state index in [2.05, 4.69) is 39.8 Å². The Morgan fingerprint density at radius 1 is 1.18 bits per heavy atom. The molecule has 0 atom stereocenters. The second-order valence-corrected chi connectivity index (χ2v) is 9.63. The van der Waals surface area contributed by atoms with E-state index in [1.54, 1.807) is 11.3 Å². The van der Waals surface area contributed by atoms with Gasteiger partial charge in [0.15, 0.2) is 5.96 Å². The van der Waals surface area contributed by atoms with Crippen LogP contribution >= 0.6 is 11.3 Å². The van der Waals surface area contributed by atoms with Crippen molar-refractivity contribution in [1.29, 1.82) is 0 Å². The predicted molar refractivity (Wildman–Crippen MR) is 117 cm³/mol. The third-order valence-corrected chi connectivity index (χ3v) is 4.79. The molecule has 3 N–H and O–H groups in total. The number of hydrogen-bond acceptors (Lipinski definition) is 5. The highest BCUT2D eigenvalue weighted by Crippen LogP contribution is 2.18. The summed E-state index contributed by atoms with van der Waals surface area (Å²) in [6, 6.07) is 0. The van der Waals surface area contributed by atoms with E-state index >= 15 is 0 Å². The first-order valence-electron chi connectivity index (χ1n) is 9.94. The summed E-state index contributed by atoms with van der Waals surface area (Å²) in [5, 5.41) is 10.6. The third-order valence-electron chi connectivity index (χ3n) is 3.72. The monoisotopic (exact) mass is 411 g/mol. The molecular weight excluding hydrogens is 374 g/mol. The van der Waals surface area contributed by atoms with Crippen molar-refractivity contribution in [3.05, 3.63) is 15.6 Å². The molecule has 1 aromatic heterocycles. The Kier molecular flexibility index (Phi) is 9.20. The zero-order chi connectivity index (χ0) is 21.4. The number of aryl methyl sites for hydroxylation is 2. The Hall–Kier alpha value is -1.83. The number of aliphatic imine (C=N–C) groups is 1. The van der Waals surface area contributed by atoms with E-state index in [0.717, 1.165) is 36.9 Å². The minimum atomic E-state index is -0.522. The molecule has 0 bridgehead atoms. The first kappa shape index (κ1) is 24.2. The molecule has 0 saturated carbocycles. The Bertz CT molecular complexity index is 662.